The van der Waals surface area contributed by atoms with Crippen molar-refractivity contribution in [3.05, 3.63) is 47.7 Å². The molecule has 0 N–H and O–H groups in total. The Hall–Kier alpha value is -2.08. The van der Waals surface area contributed by atoms with Crippen LogP contribution in [-0.2, 0) is 9.84 Å². The highest BCUT2D eigenvalue weighted by Gasteiger charge is 2.26. The van der Waals surface area contributed by atoms with Crippen molar-refractivity contribution in [3.63, 3.8) is 0 Å². The molecule has 0 saturated carbocycles. The predicted molar refractivity (Wildman–Crippen MR) is 80.5 cm³/mol. The van der Waals surface area contributed by atoms with Crippen LogP contribution in [0.3, 0.4) is 0 Å². The zero-order valence-corrected chi connectivity index (χ0v) is 13.1. The van der Waals surface area contributed by atoms with Crippen LogP contribution in [0.1, 0.15) is 29.0 Å². The molecular formula is C16H17NO4S. The second kappa shape index (κ2) is 5.61. The van der Waals surface area contributed by atoms with Crippen LogP contribution in [0.15, 0.2) is 50.8 Å². The number of hydrogen-bond donors (Lipinski definition) is 0. The Balaban J connectivity index is 1.89. The van der Waals surface area contributed by atoms with Gasteiger partial charge in [0.2, 0.25) is 14.9 Å². The highest BCUT2D eigenvalue weighted by molar-refractivity contribution is 7.91. The molecule has 1 aromatic heterocycles. The number of likely N-dealkylation sites (tertiary alicyclic amines) is 1. The summed E-state index contributed by atoms with van der Waals surface area (Å²) < 4.78 is 30.3. The van der Waals surface area contributed by atoms with E-state index in [-0.39, 0.29) is 21.7 Å². The second-order valence-corrected chi connectivity index (χ2v) is 7.32. The number of nitrogens with zero attached hydrogens (tertiary/aromatic N) is 1. The number of furan rings is 1. The first-order valence-corrected chi connectivity index (χ1v) is 8.68. The monoisotopic (exact) mass is 319 g/mol. The summed E-state index contributed by atoms with van der Waals surface area (Å²) in [4.78, 5) is 14.0. The number of aryl methyl sites for hydroxylation is 1. The lowest BCUT2D eigenvalue weighted by atomic mass is 10.2. The molecule has 0 radical (unpaired) electrons. The Labute approximate surface area is 129 Å². The summed E-state index contributed by atoms with van der Waals surface area (Å²) in [5.74, 6) is -0.171. The average molecular weight is 319 g/mol. The molecule has 6 heteroatoms. The van der Waals surface area contributed by atoms with E-state index < -0.39 is 9.84 Å². The average Bonchev–Trinajstić information content (AvgIpc) is 3.19. The number of carbonyl (C=O) groups is 1. The van der Waals surface area contributed by atoms with E-state index in [1.807, 2.05) is 6.92 Å². The van der Waals surface area contributed by atoms with Crippen LogP contribution in [-0.4, -0.2) is 32.3 Å². The second-order valence-electron chi connectivity index (χ2n) is 5.43. The maximum atomic E-state index is 12.5. The van der Waals surface area contributed by atoms with E-state index in [9.17, 15) is 13.2 Å². The van der Waals surface area contributed by atoms with Crippen LogP contribution in [0.5, 0.6) is 0 Å². The van der Waals surface area contributed by atoms with Crippen molar-refractivity contribution in [2.24, 2.45) is 0 Å². The van der Waals surface area contributed by atoms with Crippen molar-refractivity contribution < 1.29 is 17.6 Å². The molecule has 1 aliphatic rings. The van der Waals surface area contributed by atoms with Crippen molar-refractivity contribution in [1.29, 1.82) is 0 Å². The lowest BCUT2D eigenvalue weighted by Gasteiger charge is -2.12. The summed E-state index contributed by atoms with van der Waals surface area (Å²) >= 11 is 0. The molecule has 3 rings (SSSR count). The number of benzene rings is 1. The number of carbonyl (C=O) groups excluding carboxylic acids is 1. The Bertz CT molecular complexity index is 784. The van der Waals surface area contributed by atoms with E-state index in [0.717, 1.165) is 18.4 Å². The molecule has 2 heterocycles. The molecule has 1 saturated heterocycles. The molecule has 1 aliphatic heterocycles. The molecule has 5 nitrogen and oxygen atoms in total. The molecule has 0 unspecified atom stereocenters. The Morgan fingerprint density at radius 3 is 2.32 bits per heavy atom. The number of rotatable bonds is 3. The van der Waals surface area contributed by atoms with E-state index in [0.29, 0.717) is 13.1 Å². The van der Waals surface area contributed by atoms with E-state index in [1.165, 1.54) is 24.3 Å². The van der Waals surface area contributed by atoms with Gasteiger partial charge in [0.25, 0.3) is 5.91 Å². The minimum Gasteiger partial charge on any atom is -0.439 e. The fraction of sp³-hybridized carbons (Fsp3) is 0.312. The fourth-order valence-corrected chi connectivity index (χ4v) is 3.66. The summed E-state index contributed by atoms with van der Waals surface area (Å²) in [6.45, 7) is 3.27. The van der Waals surface area contributed by atoms with Gasteiger partial charge in [0, 0.05) is 13.1 Å². The molecule has 1 aromatic carbocycles. The van der Waals surface area contributed by atoms with Crippen LogP contribution in [0, 0.1) is 6.92 Å². The number of sulfone groups is 1. The lowest BCUT2D eigenvalue weighted by Crippen LogP contribution is -2.27. The van der Waals surface area contributed by atoms with Crippen molar-refractivity contribution >= 4 is 15.7 Å². The first-order chi connectivity index (χ1) is 10.5. The fourth-order valence-electron chi connectivity index (χ4n) is 2.49. The van der Waals surface area contributed by atoms with E-state index in [2.05, 4.69) is 0 Å². The Morgan fingerprint density at radius 1 is 1.05 bits per heavy atom. The molecular weight excluding hydrogens is 302 g/mol. The molecule has 2 aromatic rings. The van der Waals surface area contributed by atoms with Gasteiger partial charge in [0.05, 0.1) is 4.90 Å². The summed E-state index contributed by atoms with van der Waals surface area (Å²) in [5, 5.41) is -0.195. The first kappa shape index (κ1) is 14.8. The highest BCUT2D eigenvalue weighted by atomic mass is 32.2. The molecule has 116 valence electrons. The summed E-state index contributed by atoms with van der Waals surface area (Å²) in [7, 11) is -3.73. The van der Waals surface area contributed by atoms with Crippen LogP contribution < -0.4 is 0 Å². The zero-order valence-electron chi connectivity index (χ0n) is 12.3. The molecule has 0 spiro atoms. The topological polar surface area (TPSA) is 67.6 Å². The first-order valence-electron chi connectivity index (χ1n) is 7.19. The van der Waals surface area contributed by atoms with Crippen molar-refractivity contribution in [2.45, 2.75) is 29.8 Å². The number of amides is 1. The third-order valence-corrected chi connectivity index (χ3v) is 5.42. The molecule has 0 aliphatic carbocycles. The van der Waals surface area contributed by atoms with E-state index in [4.69, 9.17) is 4.42 Å². The zero-order chi connectivity index (χ0) is 15.7. The maximum absolute atomic E-state index is 12.5. The van der Waals surface area contributed by atoms with Gasteiger partial charge in [-0.3, -0.25) is 4.79 Å². The minimum absolute atomic E-state index is 0.0765. The Morgan fingerprint density at radius 2 is 1.68 bits per heavy atom. The summed E-state index contributed by atoms with van der Waals surface area (Å²) in [5.41, 5.74) is 0.975. The molecule has 0 bridgehead atoms. The lowest BCUT2D eigenvalue weighted by molar-refractivity contribution is 0.0755. The van der Waals surface area contributed by atoms with Crippen molar-refractivity contribution in [3.8, 4) is 0 Å². The quantitative estimate of drug-likeness (QED) is 0.872. The van der Waals surface area contributed by atoms with Crippen LogP contribution in [0.25, 0.3) is 0 Å². The van der Waals surface area contributed by atoms with Gasteiger partial charge in [-0.15, -0.1) is 0 Å². The largest absolute Gasteiger partial charge is 0.439 e. The van der Waals surface area contributed by atoms with Gasteiger partial charge in [-0.05, 0) is 44.0 Å². The van der Waals surface area contributed by atoms with E-state index >= 15 is 0 Å². The van der Waals surface area contributed by atoms with Crippen LogP contribution in [0.4, 0.5) is 0 Å². The number of hydrogen-bond acceptors (Lipinski definition) is 4. The van der Waals surface area contributed by atoms with Crippen molar-refractivity contribution in [2.75, 3.05) is 13.1 Å². The van der Waals surface area contributed by atoms with Gasteiger partial charge in [0.15, 0.2) is 5.76 Å². The smallest absolute Gasteiger partial charge is 0.289 e. The van der Waals surface area contributed by atoms with Gasteiger partial charge in [-0.2, -0.15) is 0 Å². The summed E-state index contributed by atoms with van der Waals surface area (Å²) in [6.07, 6.45) is 1.95. The molecule has 22 heavy (non-hydrogen) atoms. The van der Waals surface area contributed by atoms with Gasteiger partial charge < -0.3 is 9.32 Å². The third kappa shape index (κ3) is 2.66. The van der Waals surface area contributed by atoms with Crippen LogP contribution >= 0.6 is 0 Å². The summed E-state index contributed by atoms with van der Waals surface area (Å²) in [6, 6.07) is 9.31. The maximum Gasteiger partial charge on any atom is 0.289 e. The third-order valence-electron chi connectivity index (χ3n) is 3.78. The minimum atomic E-state index is -3.73. The Kier molecular flexibility index (Phi) is 3.78. The van der Waals surface area contributed by atoms with Gasteiger partial charge in [0.1, 0.15) is 0 Å². The molecule has 1 amide bonds. The standard InChI is InChI=1S/C16H17NO4S/c1-12-4-6-13(7-5-12)22(19,20)15-9-8-14(21-15)16(18)17-10-2-3-11-17/h4-9H,2-3,10-11H2,1H3. The molecule has 1 fully saturated rings. The van der Waals surface area contributed by atoms with Gasteiger partial charge >= 0.3 is 0 Å². The SMILES string of the molecule is Cc1ccc(S(=O)(=O)c2ccc(C(=O)N3CCCC3)o2)cc1. The highest BCUT2D eigenvalue weighted by Crippen LogP contribution is 2.24. The van der Waals surface area contributed by atoms with Gasteiger partial charge in [-0.1, -0.05) is 17.7 Å². The van der Waals surface area contributed by atoms with Gasteiger partial charge in [-0.25, -0.2) is 8.42 Å². The van der Waals surface area contributed by atoms with Crippen LogP contribution in [0.2, 0.25) is 0 Å². The van der Waals surface area contributed by atoms with E-state index in [1.54, 1.807) is 17.0 Å². The van der Waals surface area contributed by atoms with Crippen molar-refractivity contribution in [1.82, 2.24) is 4.90 Å². The predicted octanol–water partition coefficient (Wildman–Crippen LogP) is 2.66. The molecule has 0 atom stereocenters. The normalized spacial score (nSPS) is 15.2.